The van der Waals surface area contributed by atoms with Crippen LogP contribution in [0.1, 0.15) is 52.4 Å². The Morgan fingerprint density at radius 2 is 2.17 bits per heavy atom. The highest BCUT2D eigenvalue weighted by molar-refractivity contribution is 5.81. The zero-order valence-corrected chi connectivity index (χ0v) is 12.1. The van der Waals surface area contributed by atoms with Gasteiger partial charge in [-0.1, -0.05) is 19.8 Å². The standard InChI is InChI=1S/C14H28N2O2/c1-4-6-7-10-16(3)12-8-9-14(15,11-12)13(17)18-5-2/h12H,4-11,15H2,1-3H3. The minimum Gasteiger partial charge on any atom is -0.465 e. The molecule has 0 aliphatic heterocycles. The SMILES string of the molecule is CCCCCN(C)C1CCC(N)(C(=O)OCC)C1. The van der Waals surface area contributed by atoms with Crippen molar-refractivity contribution in [3.05, 3.63) is 0 Å². The lowest BCUT2D eigenvalue weighted by atomic mass is 9.99. The monoisotopic (exact) mass is 256 g/mol. The fraction of sp³-hybridized carbons (Fsp3) is 0.929. The topological polar surface area (TPSA) is 55.6 Å². The number of unbranched alkanes of at least 4 members (excludes halogenated alkanes) is 2. The van der Waals surface area contributed by atoms with Crippen LogP contribution in [0.2, 0.25) is 0 Å². The molecule has 106 valence electrons. The lowest BCUT2D eigenvalue weighted by Crippen LogP contribution is -2.48. The maximum atomic E-state index is 11.8. The van der Waals surface area contributed by atoms with Crippen molar-refractivity contribution >= 4 is 5.97 Å². The van der Waals surface area contributed by atoms with Crippen molar-refractivity contribution in [3.63, 3.8) is 0 Å². The quantitative estimate of drug-likeness (QED) is 0.558. The largest absolute Gasteiger partial charge is 0.465 e. The second kappa shape index (κ2) is 7.10. The lowest BCUT2D eigenvalue weighted by molar-refractivity contribution is -0.149. The van der Waals surface area contributed by atoms with Gasteiger partial charge in [-0.2, -0.15) is 0 Å². The number of esters is 1. The van der Waals surface area contributed by atoms with E-state index in [1.54, 1.807) is 0 Å². The van der Waals surface area contributed by atoms with Crippen LogP contribution in [0.3, 0.4) is 0 Å². The molecule has 1 aliphatic carbocycles. The normalized spacial score (nSPS) is 27.7. The van der Waals surface area contributed by atoms with Crippen LogP contribution in [0, 0.1) is 0 Å². The van der Waals surface area contributed by atoms with Crippen LogP contribution in [0.4, 0.5) is 0 Å². The summed E-state index contributed by atoms with van der Waals surface area (Å²) in [6.07, 6.45) is 6.20. The molecule has 2 atom stereocenters. The van der Waals surface area contributed by atoms with E-state index in [1.165, 1.54) is 19.3 Å². The number of nitrogens with zero attached hydrogens (tertiary/aromatic N) is 1. The predicted molar refractivity (Wildman–Crippen MR) is 73.3 cm³/mol. The molecule has 0 aromatic heterocycles. The summed E-state index contributed by atoms with van der Waals surface area (Å²) >= 11 is 0. The summed E-state index contributed by atoms with van der Waals surface area (Å²) in [5.74, 6) is -0.227. The molecule has 1 rings (SSSR count). The molecule has 0 aromatic carbocycles. The molecule has 0 amide bonds. The summed E-state index contributed by atoms with van der Waals surface area (Å²) in [7, 11) is 2.14. The number of carbonyl (C=O) groups excluding carboxylic acids is 1. The van der Waals surface area contributed by atoms with E-state index in [1.807, 2.05) is 6.92 Å². The third-order valence-corrected chi connectivity index (χ3v) is 3.94. The van der Waals surface area contributed by atoms with E-state index in [9.17, 15) is 4.79 Å². The molecule has 1 fully saturated rings. The maximum Gasteiger partial charge on any atom is 0.326 e. The van der Waals surface area contributed by atoms with E-state index in [2.05, 4.69) is 18.9 Å². The fourth-order valence-electron chi connectivity index (χ4n) is 2.68. The fourth-order valence-corrected chi connectivity index (χ4v) is 2.68. The molecule has 0 aromatic rings. The number of hydrogen-bond donors (Lipinski definition) is 1. The second-order valence-electron chi connectivity index (χ2n) is 5.46. The molecule has 2 unspecified atom stereocenters. The van der Waals surface area contributed by atoms with E-state index in [0.29, 0.717) is 12.6 Å². The van der Waals surface area contributed by atoms with Gasteiger partial charge in [0, 0.05) is 6.04 Å². The first-order valence-corrected chi connectivity index (χ1v) is 7.20. The third kappa shape index (κ3) is 3.95. The van der Waals surface area contributed by atoms with Crippen LogP contribution >= 0.6 is 0 Å². The maximum absolute atomic E-state index is 11.8. The van der Waals surface area contributed by atoms with E-state index in [4.69, 9.17) is 10.5 Å². The Balaban J connectivity index is 2.41. The Kier molecular flexibility index (Phi) is 6.09. The van der Waals surface area contributed by atoms with Crippen molar-refractivity contribution in [3.8, 4) is 0 Å². The average molecular weight is 256 g/mol. The van der Waals surface area contributed by atoms with Gasteiger partial charge in [-0.05, 0) is 46.2 Å². The van der Waals surface area contributed by atoms with Crippen molar-refractivity contribution in [1.82, 2.24) is 4.90 Å². The van der Waals surface area contributed by atoms with Crippen molar-refractivity contribution in [1.29, 1.82) is 0 Å². The van der Waals surface area contributed by atoms with Gasteiger partial charge >= 0.3 is 5.97 Å². The highest BCUT2D eigenvalue weighted by Crippen LogP contribution is 2.31. The molecule has 4 heteroatoms. The average Bonchev–Trinajstić information content (AvgIpc) is 2.74. The molecule has 0 radical (unpaired) electrons. The van der Waals surface area contributed by atoms with Gasteiger partial charge in [0.05, 0.1) is 6.61 Å². The van der Waals surface area contributed by atoms with Crippen LogP contribution < -0.4 is 5.73 Å². The Morgan fingerprint density at radius 3 is 2.78 bits per heavy atom. The summed E-state index contributed by atoms with van der Waals surface area (Å²) in [5.41, 5.74) is 5.42. The number of rotatable bonds is 7. The second-order valence-corrected chi connectivity index (χ2v) is 5.46. The third-order valence-electron chi connectivity index (χ3n) is 3.94. The first kappa shape index (κ1) is 15.4. The molecule has 2 N–H and O–H groups in total. The zero-order chi connectivity index (χ0) is 13.6. The van der Waals surface area contributed by atoms with Crippen molar-refractivity contribution in [2.75, 3.05) is 20.2 Å². The van der Waals surface area contributed by atoms with Gasteiger partial charge in [0.1, 0.15) is 5.54 Å². The van der Waals surface area contributed by atoms with Crippen LogP contribution in [-0.4, -0.2) is 42.6 Å². The molecule has 0 saturated heterocycles. The van der Waals surface area contributed by atoms with Gasteiger partial charge in [-0.15, -0.1) is 0 Å². The Morgan fingerprint density at radius 1 is 1.44 bits per heavy atom. The molecule has 0 spiro atoms. The van der Waals surface area contributed by atoms with Crippen molar-refractivity contribution < 1.29 is 9.53 Å². The van der Waals surface area contributed by atoms with Gasteiger partial charge in [0.15, 0.2) is 0 Å². The predicted octanol–water partition coefficient (Wildman–Crippen LogP) is 1.92. The molecule has 18 heavy (non-hydrogen) atoms. The molecule has 4 nitrogen and oxygen atoms in total. The van der Waals surface area contributed by atoms with Crippen molar-refractivity contribution in [2.45, 2.75) is 64.0 Å². The lowest BCUT2D eigenvalue weighted by Gasteiger charge is -2.26. The van der Waals surface area contributed by atoms with Gasteiger partial charge in [-0.3, -0.25) is 4.79 Å². The summed E-state index contributed by atoms with van der Waals surface area (Å²) in [6, 6.07) is 0.427. The van der Waals surface area contributed by atoms with Crippen LogP contribution in [0.15, 0.2) is 0 Å². The van der Waals surface area contributed by atoms with Crippen LogP contribution in [0.5, 0.6) is 0 Å². The minimum atomic E-state index is -0.750. The molecule has 0 bridgehead atoms. The Labute approximate surface area is 111 Å². The molecule has 1 aliphatic rings. The first-order chi connectivity index (χ1) is 8.53. The van der Waals surface area contributed by atoms with E-state index in [-0.39, 0.29) is 5.97 Å². The number of hydrogen-bond acceptors (Lipinski definition) is 4. The van der Waals surface area contributed by atoms with Gasteiger partial charge in [-0.25, -0.2) is 0 Å². The minimum absolute atomic E-state index is 0.227. The molecular formula is C14H28N2O2. The number of carbonyl (C=O) groups is 1. The van der Waals surface area contributed by atoms with E-state index < -0.39 is 5.54 Å². The number of nitrogens with two attached hydrogens (primary N) is 1. The molecular weight excluding hydrogens is 228 g/mol. The highest BCUT2D eigenvalue weighted by Gasteiger charge is 2.44. The highest BCUT2D eigenvalue weighted by atomic mass is 16.5. The summed E-state index contributed by atoms with van der Waals surface area (Å²) in [6.45, 7) is 5.54. The first-order valence-electron chi connectivity index (χ1n) is 7.20. The van der Waals surface area contributed by atoms with Gasteiger partial charge in [0.2, 0.25) is 0 Å². The van der Waals surface area contributed by atoms with Crippen LogP contribution in [-0.2, 0) is 9.53 Å². The summed E-state index contributed by atoms with van der Waals surface area (Å²) in [5, 5.41) is 0. The smallest absolute Gasteiger partial charge is 0.326 e. The Hall–Kier alpha value is -0.610. The van der Waals surface area contributed by atoms with Crippen molar-refractivity contribution in [2.24, 2.45) is 5.73 Å². The van der Waals surface area contributed by atoms with Gasteiger partial charge < -0.3 is 15.4 Å². The number of ether oxygens (including phenoxy) is 1. The molecule has 1 saturated carbocycles. The van der Waals surface area contributed by atoms with E-state index >= 15 is 0 Å². The van der Waals surface area contributed by atoms with Gasteiger partial charge in [0.25, 0.3) is 0 Å². The summed E-state index contributed by atoms with van der Waals surface area (Å²) < 4.78 is 5.07. The zero-order valence-electron chi connectivity index (χ0n) is 12.1. The Bertz CT molecular complexity index is 271. The van der Waals surface area contributed by atoms with Crippen LogP contribution in [0.25, 0.3) is 0 Å². The summed E-state index contributed by atoms with van der Waals surface area (Å²) in [4.78, 5) is 14.2. The van der Waals surface area contributed by atoms with E-state index in [0.717, 1.165) is 25.8 Å². The molecule has 0 heterocycles.